The van der Waals surface area contributed by atoms with Gasteiger partial charge in [0.05, 0.1) is 5.69 Å². The van der Waals surface area contributed by atoms with Crippen molar-refractivity contribution in [2.45, 2.75) is 50.0 Å². The van der Waals surface area contributed by atoms with Gasteiger partial charge in [0.1, 0.15) is 5.60 Å². The second-order valence-electron chi connectivity index (χ2n) is 10.00. The van der Waals surface area contributed by atoms with Gasteiger partial charge >= 0.3 is 0 Å². The van der Waals surface area contributed by atoms with Crippen LogP contribution in [0.1, 0.15) is 59.5 Å². The van der Waals surface area contributed by atoms with E-state index in [1.807, 2.05) is 6.07 Å². The summed E-state index contributed by atoms with van der Waals surface area (Å²) in [5.41, 5.74) is 4.61. The molecule has 0 saturated carbocycles. The number of likely N-dealkylation sites (tertiary alicyclic amines) is 2. The van der Waals surface area contributed by atoms with Crippen molar-refractivity contribution >= 4 is 11.6 Å². The highest BCUT2D eigenvalue weighted by atomic mass is 35.5. The average Bonchev–Trinajstić information content (AvgIpc) is 2.89. The third kappa shape index (κ3) is 3.93. The molecule has 0 amide bonds. The smallest absolute Gasteiger partial charge is 0.135 e. The number of halogens is 1. The molecule has 1 atom stereocenters. The lowest BCUT2D eigenvalue weighted by molar-refractivity contribution is -0.0148. The number of aliphatic hydroxyl groups is 1. The number of aromatic nitrogens is 1. The number of hydrogen-bond donors (Lipinski definition) is 1. The molecular weight excluding hydrogens is 406 g/mol. The third-order valence-electron chi connectivity index (χ3n) is 7.99. The van der Waals surface area contributed by atoms with E-state index in [0.717, 1.165) is 68.1 Å². The van der Waals surface area contributed by atoms with Crippen LogP contribution in [0.3, 0.4) is 0 Å². The van der Waals surface area contributed by atoms with Crippen LogP contribution in [0.5, 0.6) is 0 Å². The quantitative estimate of drug-likeness (QED) is 0.760. The van der Waals surface area contributed by atoms with Gasteiger partial charge in [-0.25, -0.2) is 0 Å². The van der Waals surface area contributed by atoms with Crippen LogP contribution in [-0.4, -0.2) is 60.2 Å². The molecule has 5 heteroatoms. The van der Waals surface area contributed by atoms with Gasteiger partial charge in [-0.15, -0.1) is 0 Å². The van der Waals surface area contributed by atoms with E-state index < -0.39 is 5.60 Å². The Kier molecular flexibility index (Phi) is 5.85. The molecule has 1 aromatic heterocycles. The van der Waals surface area contributed by atoms with E-state index in [9.17, 15) is 5.11 Å². The first kappa shape index (κ1) is 21.4. The summed E-state index contributed by atoms with van der Waals surface area (Å²) in [4.78, 5) is 9.80. The predicted octanol–water partition coefficient (Wildman–Crippen LogP) is 4.22. The third-order valence-corrected chi connectivity index (χ3v) is 8.22. The lowest BCUT2D eigenvalue weighted by Crippen LogP contribution is -2.44. The number of benzene rings is 1. The van der Waals surface area contributed by atoms with Gasteiger partial charge in [-0.1, -0.05) is 23.7 Å². The number of nitrogens with zero attached hydrogens (tertiary/aromatic N) is 3. The summed E-state index contributed by atoms with van der Waals surface area (Å²) in [7, 11) is 4.37. The van der Waals surface area contributed by atoms with Gasteiger partial charge in [0.15, 0.2) is 0 Å². The van der Waals surface area contributed by atoms with Crippen LogP contribution in [0.15, 0.2) is 30.5 Å². The Morgan fingerprint density at radius 3 is 2.29 bits per heavy atom. The number of aryl methyl sites for hydroxylation is 2. The van der Waals surface area contributed by atoms with Gasteiger partial charge in [-0.2, -0.15) is 0 Å². The summed E-state index contributed by atoms with van der Waals surface area (Å²) >= 11 is 6.37. The SMILES string of the molecule is CN1CCC(c2cnc3c(c2)CCc2cc(Cl)ccc2C3(O)C2CCN(C)CC2)CC1. The van der Waals surface area contributed by atoms with E-state index >= 15 is 0 Å². The highest BCUT2D eigenvalue weighted by molar-refractivity contribution is 6.30. The molecule has 2 saturated heterocycles. The first-order valence-electron chi connectivity index (χ1n) is 11.8. The van der Waals surface area contributed by atoms with Crippen LogP contribution >= 0.6 is 11.6 Å². The Bertz CT molecular complexity index is 948. The summed E-state index contributed by atoms with van der Waals surface area (Å²) in [6, 6.07) is 8.40. The van der Waals surface area contributed by atoms with Crippen LogP contribution in [0.4, 0.5) is 0 Å². The Balaban J connectivity index is 1.58. The molecule has 0 radical (unpaired) electrons. The molecule has 1 aliphatic carbocycles. The van der Waals surface area contributed by atoms with Crippen LogP contribution in [0.2, 0.25) is 5.02 Å². The average molecular weight is 440 g/mol. The minimum absolute atomic E-state index is 0.169. The van der Waals surface area contributed by atoms with Crippen molar-refractivity contribution in [2.75, 3.05) is 40.3 Å². The van der Waals surface area contributed by atoms with E-state index in [1.54, 1.807) is 0 Å². The normalized spacial score (nSPS) is 26.3. The Labute approximate surface area is 191 Å². The maximum absolute atomic E-state index is 12.5. The van der Waals surface area contributed by atoms with E-state index in [-0.39, 0.29) is 5.92 Å². The van der Waals surface area contributed by atoms with Gasteiger partial charge in [0.25, 0.3) is 0 Å². The van der Waals surface area contributed by atoms with Gasteiger partial charge in [0.2, 0.25) is 0 Å². The maximum Gasteiger partial charge on any atom is 0.135 e. The highest BCUT2D eigenvalue weighted by Gasteiger charge is 2.46. The molecule has 0 spiro atoms. The molecule has 31 heavy (non-hydrogen) atoms. The second kappa shape index (κ2) is 8.47. The number of pyridine rings is 1. The molecule has 1 aromatic carbocycles. The fourth-order valence-corrected chi connectivity index (χ4v) is 6.20. The highest BCUT2D eigenvalue weighted by Crippen LogP contribution is 2.46. The van der Waals surface area contributed by atoms with Crippen molar-refractivity contribution in [3.63, 3.8) is 0 Å². The summed E-state index contributed by atoms with van der Waals surface area (Å²) in [5.74, 6) is 0.743. The molecule has 4 nitrogen and oxygen atoms in total. The topological polar surface area (TPSA) is 39.6 Å². The fraction of sp³-hybridized carbons (Fsp3) is 0.577. The molecule has 3 heterocycles. The zero-order valence-corrected chi connectivity index (χ0v) is 19.5. The summed E-state index contributed by atoms with van der Waals surface area (Å²) in [6.07, 6.45) is 8.20. The van der Waals surface area contributed by atoms with E-state index in [4.69, 9.17) is 16.6 Å². The van der Waals surface area contributed by atoms with Crippen molar-refractivity contribution in [3.8, 4) is 0 Å². The number of hydrogen-bond acceptors (Lipinski definition) is 4. The lowest BCUT2D eigenvalue weighted by Gasteiger charge is -2.41. The molecule has 2 aromatic rings. The zero-order valence-electron chi connectivity index (χ0n) is 18.8. The van der Waals surface area contributed by atoms with Gasteiger partial charge in [-0.05, 0) is 119 Å². The van der Waals surface area contributed by atoms with Crippen molar-refractivity contribution < 1.29 is 5.11 Å². The fourth-order valence-electron chi connectivity index (χ4n) is 6.01. The molecule has 3 aliphatic rings. The number of piperidine rings is 2. The molecule has 1 N–H and O–H groups in total. The summed E-state index contributed by atoms with van der Waals surface area (Å²) in [6.45, 7) is 4.31. The van der Waals surface area contributed by atoms with Crippen LogP contribution < -0.4 is 0 Å². The second-order valence-corrected chi connectivity index (χ2v) is 10.4. The molecule has 2 fully saturated rings. The van der Waals surface area contributed by atoms with Crippen molar-refractivity contribution in [1.82, 2.24) is 14.8 Å². The maximum atomic E-state index is 12.5. The summed E-state index contributed by atoms with van der Waals surface area (Å²) in [5, 5.41) is 13.2. The van der Waals surface area contributed by atoms with Crippen molar-refractivity contribution in [3.05, 3.63) is 63.4 Å². The first-order valence-corrected chi connectivity index (χ1v) is 12.2. The van der Waals surface area contributed by atoms with E-state index in [1.165, 1.54) is 29.5 Å². The van der Waals surface area contributed by atoms with E-state index in [0.29, 0.717) is 5.92 Å². The Morgan fingerprint density at radius 1 is 0.935 bits per heavy atom. The van der Waals surface area contributed by atoms with E-state index in [2.05, 4.69) is 48.3 Å². The molecule has 2 aliphatic heterocycles. The van der Waals surface area contributed by atoms with Crippen LogP contribution in [-0.2, 0) is 18.4 Å². The minimum Gasteiger partial charge on any atom is -0.378 e. The zero-order chi connectivity index (χ0) is 21.6. The van der Waals surface area contributed by atoms with Gasteiger partial charge < -0.3 is 14.9 Å². The predicted molar refractivity (Wildman–Crippen MR) is 126 cm³/mol. The summed E-state index contributed by atoms with van der Waals surface area (Å²) < 4.78 is 0. The molecule has 166 valence electrons. The molecule has 1 unspecified atom stereocenters. The Morgan fingerprint density at radius 2 is 1.58 bits per heavy atom. The molecule has 0 bridgehead atoms. The molecule has 5 rings (SSSR count). The van der Waals surface area contributed by atoms with Gasteiger partial charge in [-0.3, -0.25) is 4.98 Å². The minimum atomic E-state index is -1.04. The van der Waals surface area contributed by atoms with Crippen molar-refractivity contribution in [2.24, 2.45) is 5.92 Å². The van der Waals surface area contributed by atoms with Crippen molar-refractivity contribution in [1.29, 1.82) is 0 Å². The van der Waals surface area contributed by atoms with Crippen LogP contribution in [0.25, 0.3) is 0 Å². The standard InChI is InChI=1S/C26H34ClN3O/c1-29-11-7-18(8-12-29)21-15-20-4-3-19-16-23(27)5-6-24(19)26(31,25(20)28-17-21)22-9-13-30(2)14-10-22/h5-6,15-18,22,31H,3-4,7-14H2,1-2H3. The largest absolute Gasteiger partial charge is 0.378 e. The Hall–Kier alpha value is -1.46. The number of fused-ring (bicyclic) bond motifs is 2. The monoisotopic (exact) mass is 439 g/mol. The number of rotatable bonds is 2. The first-order chi connectivity index (χ1) is 14.9. The lowest BCUT2D eigenvalue weighted by atomic mass is 9.72. The van der Waals surface area contributed by atoms with Gasteiger partial charge in [0, 0.05) is 17.1 Å². The van der Waals surface area contributed by atoms with Crippen LogP contribution in [0, 0.1) is 5.92 Å². The molecular formula is C26H34ClN3O.